The van der Waals surface area contributed by atoms with Gasteiger partial charge in [0.2, 0.25) is 5.95 Å². The van der Waals surface area contributed by atoms with Crippen molar-refractivity contribution in [1.29, 1.82) is 0 Å². The molecule has 3 N–H and O–H groups in total. The number of hydrogen-bond donors (Lipinski definition) is 2. The maximum absolute atomic E-state index is 14.8. The summed E-state index contributed by atoms with van der Waals surface area (Å²) in [6.45, 7) is 7.06. The minimum absolute atomic E-state index is 0.0178. The van der Waals surface area contributed by atoms with Crippen LogP contribution in [0.2, 0.25) is 5.02 Å². The second-order valence-corrected chi connectivity index (χ2v) is 7.29. The number of nitrogen functional groups attached to an aromatic ring is 1. The van der Waals surface area contributed by atoms with E-state index in [1.807, 2.05) is 13.8 Å². The molecule has 0 saturated carbocycles. The second-order valence-electron chi connectivity index (χ2n) is 6.91. The third-order valence-corrected chi connectivity index (χ3v) is 4.35. The average Bonchev–Trinajstić information content (AvgIpc) is 2.91. The van der Waals surface area contributed by atoms with E-state index in [1.54, 1.807) is 24.5 Å². The Bertz CT molecular complexity index is 1010. The minimum Gasteiger partial charge on any atom is -0.383 e. The molecule has 134 valence electrons. The number of rotatable bonds is 3. The van der Waals surface area contributed by atoms with Crippen molar-refractivity contribution in [2.24, 2.45) is 0 Å². The summed E-state index contributed by atoms with van der Waals surface area (Å²) in [5.74, 6) is -0.252. The van der Waals surface area contributed by atoms with E-state index in [1.165, 1.54) is 6.07 Å². The number of imidazole rings is 1. The van der Waals surface area contributed by atoms with E-state index in [-0.39, 0.29) is 33.8 Å². The van der Waals surface area contributed by atoms with Gasteiger partial charge in [-0.15, -0.1) is 0 Å². The second kappa shape index (κ2) is 6.21. The highest BCUT2D eigenvalue weighted by molar-refractivity contribution is 6.45. The lowest BCUT2D eigenvalue weighted by Crippen LogP contribution is -2.23. The smallest absolute Gasteiger partial charge is 0.220 e. The van der Waals surface area contributed by atoms with Gasteiger partial charge in [-0.05, 0) is 39.8 Å². The Hall–Kier alpha value is -2.19. The first-order valence-electron chi connectivity index (χ1n) is 8.04. The van der Waals surface area contributed by atoms with Gasteiger partial charge in [-0.3, -0.25) is 0 Å². The summed E-state index contributed by atoms with van der Waals surface area (Å²) >= 11 is 6.19. The van der Waals surface area contributed by atoms with Crippen LogP contribution in [0.1, 0.15) is 39.6 Å². The number of nitrogens with two attached hydrogens (primary N) is 1. The van der Waals surface area contributed by atoms with E-state index in [0.717, 1.165) is 0 Å². The van der Waals surface area contributed by atoms with Gasteiger partial charge in [-0.1, -0.05) is 11.6 Å². The van der Waals surface area contributed by atoms with Crippen molar-refractivity contribution in [2.45, 2.75) is 39.3 Å². The highest BCUT2D eigenvalue weighted by Gasteiger charge is 2.28. The van der Waals surface area contributed by atoms with Gasteiger partial charge < -0.3 is 15.4 Å². The number of nitrogens with zero attached hydrogens (tertiary/aromatic N) is 4. The largest absolute Gasteiger partial charge is 0.383 e. The van der Waals surface area contributed by atoms with Crippen LogP contribution in [-0.4, -0.2) is 32.5 Å². The van der Waals surface area contributed by atoms with Gasteiger partial charge in [0.05, 0.1) is 16.2 Å². The molecule has 0 aliphatic carbocycles. The van der Waals surface area contributed by atoms with Crippen LogP contribution in [0.4, 0.5) is 10.3 Å². The number of aliphatic hydroxyl groups is 1. The minimum atomic E-state index is -1.24. The first-order valence-corrected chi connectivity index (χ1v) is 8.41. The van der Waals surface area contributed by atoms with E-state index >= 15 is 0 Å². The SMILES string of the molecule is [B]c1nc(N)nc(-c2cc(F)c3nc(C(C)(C)O)n(C(C)C)c3c2)c1Cl. The Kier molecular flexibility index (Phi) is 4.44. The Morgan fingerprint density at radius 3 is 2.50 bits per heavy atom. The van der Waals surface area contributed by atoms with Gasteiger partial charge in [-0.2, -0.15) is 0 Å². The quantitative estimate of drug-likeness (QED) is 0.688. The summed E-state index contributed by atoms with van der Waals surface area (Å²) in [5, 5.41) is 10.5. The lowest BCUT2D eigenvalue weighted by atomic mass is 10.0. The molecule has 0 spiro atoms. The van der Waals surface area contributed by atoms with Crippen molar-refractivity contribution in [3.05, 3.63) is 28.8 Å². The lowest BCUT2D eigenvalue weighted by Gasteiger charge is -2.21. The van der Waals surface area contributed by atoms with Gasteiger partial charge in [-0.25, -0.2) is 19.3 Å². The Morgan fingerprint density at radius 1 is 1.27 bits per heavy atom. The average molecular weight is 374 g/mol. The molecule has 0 aliphatic rings. The third-order valence-electron chi connectivity index (χ3n) is 3.98. The molecule has 6 nitrogen and oxygen atoms in total. The fourth-order valence-electron chi connectivity index (χ4n) is 2.92. The number of fused-ring (bicyclic) bond motifs is 1. The van der Waals surface area contributed by atoms with Crippen molar-refractivity contribution in [2.75, 3.05) is 5.73 Å². The highest BCUT2D eigenvalue weighted by atomic mass is 35.5. The van der Waals surface area contributed by atoms with Crippen LogP contribution in [-0.2, 0) is 5.60 Å². The highest BCUT2D eigenvalue weighted by Crippen LogP contribution is 2.34. The molecule has 26 heavy (non-hydrogen) atoms. The van der Waals surface area contributed by atoms with E-state index in [2.05, 4.69) is 15.0 Å². The van der Waals surface area contributed by atoms with Crippen molar-refractivity contribution < 1.29 is 9.50 Å². The summed E-state index contributed by atoms with van der Waals surface area (Å²) in [6.07, 6.45) is 0. The Morgan fingerprint density at radius 2 is 1.92 bits per heavy atom. The van der Waals surface area contributed by atoms with Crippen LogP contribution in [0.5, 0.6) is 0 Å². The molecule has 3 rings (SSSR count). The molecule has 0 amide bonds. The van der Waals surface area contributed by atoms with E-state index in [4.69, 9.17) is 25.2 Å². The third kappa shape index (κ3) is 3.03. The first kappa shape index (κ1) is 18.6. The van der Waals surface area contributed by atoms with E-state index < -0.39 is 11.4 Å². The van der Waals surface area contributed by atoms with Crippen LogP contribution in [0.15, 0.2) is 12.1 Å². The molecule has 2 radical (unpaired) electrons. The van der Waals surface area contributed by atoms with Gasteiger partial charge in [0.15, 0.2) is 5.82 Å². The van der Waals surface area contributed by atoms with Gasteiger partial charge >= 0.3 is 0 Å². The molecule has 2 aromatic heterocycles. The molecule has 0 atom stereocenters. The first-order chi connectivity index (χ1) is 12.0. The zero-order valence-electron chi connectivity index (χ0n) is 14.9. The summed E-state index contributed by atoms with van der Waals surface area (Å²) in [6, 6.07) is 2.90. The topological polar surface area (TPSA) is 89.8 Å². The number of anilines is 1. The summed E-state index contributed by atoms with van der Waals surface area (Å²) in [5.41, 5.74) is 5.73. The molecule has 9 heteroatoms. The molecule has 2 heterocycles. The molecule has 0 saturated heterocycles. The van der Waals surface area contributed by atoms with Gasteiger partial charge in [0, 0.05) is 17.2 Å². The normalized spacial score (nSPS) is 12.3. The monoisotopic (exact) mass is 373 g/mol. The number of hydrogen-bond acceptors (Lipinski definition) is 5. The van der Waals surface area contributed by atoms with Crippen LogP contribution in [0.3, 0.4) is 0 Å². The van der Waals surface area contributed by atoms with Gasteiger partial charge in [0.25, 0.3) is 0 Å². The fourth-order valence-corrected chi connectivity index (χ4v) is 3.11. The fraction of sp³-hybridized carbons (Fsp3) is 0.353. The van der Waals surface area contributed by atoms with E-state index in [0.29, 0.717) is 16.9 Å². The zero-order valence-corrected chi connectivity index (χ0v) is 15.6. The summed E-state index contributed by atoms with van der Waals surface area (Å²) in [7, 11) is 5.74. The Labute approximate surface area is 156 Å². The molecular formula is C17H18BClFN5O. The summed E-state index contributed by atoms with van der Waals surface area (Å²) in [4.78, 5) is 12.2. The number of aromatic nitrogens is 4. The number of halogens is 2. The van der Waals surface area contributed by atoms with Crippen LogP contribution in [0.25, 0.3) is 22.3 Å². The van der Waals surface area contributed by atoms with Crippen LogP contribution >= 0.6 is 11.6 Å². The lowest BCUT2D eigenvalue weighted by molar-refractivity contribution is 0.0641. The van der Waals surface area contributed by atoms with Crippen molar-refractivity contribution >= 4 is 42.0 Å². The molecule has 0 fully saturated rings. The molecule has 0 unspecified atom stereocenters. The van der Waals surface area contributed by atoms with Crippen LogP contribution < -0.4 is 11.3 Å². The predicted molar refractivity (Wildman–Crippen MR) is 101 cm³/mol. The molecule has 1 aromatic carbocycles. The Balaban J connectivity index is 2.37. The van der Waals surface area contributed by atoms with Crippen LogP contribution in [0, 0.1) is 5.82 Å². The maximum Gasteiger partial charge on any atom is 0.220 e. The maximum atomic E-state index is 14.8. The number of benzene rings is 1. The molecule has 0 aliphatic heterocycles. The van der Waals surface area contributed by atoms with Crippen molar-refractivity contribution in [3.63, 3.8) is 0 Å². The molecule has 0 bridgehead atoms. The molecule has 3 aromatic rings. The summed E-state index contributed by atoms with van der Waals surface area (Å²) < 4.78 is 16.6. The zero-order chi connectivity index (χ0) is 19.4. The van der Waals surface area contributed by atoms with E-state index in [9.17, 15) is 9.50 Å². The molecular weight excluding hydrogens is 355 g/mol. The van der Waals surface area contributed by atoms with Crippen molar-refractivity contribution in [3.8, 4) is 11.3 Å². The standard InChI is InChI=1S/C17H18BClFN5O/c1-7(2)25-10-6-8(12-11(19)14(18)24-16(21)23-12)5-9(20)13(10)22-15(25)17(3,4)26/h5-7,26H,1-4H3,(H2,21,23,24). The van der Waals surface area contributed by atoms with Gasteiger partial charge in [0.1, 0.15) is 24.8 Å². The van der Waals surface area contributed by atoms with Crippen molar-refractivity contribution in [1.82, 2.24) is 19.5 Å². The predicted octanol–water partition coefficient (Wildman–Crippen LogP) is 2.47.